The number of aryl methyl sites for hydroxylation is 2. The third-order valence-electron chi connectivity index (χ3n) is 4.14. The lowest BCUT2D eigenvalue weighted by Gasteiger charge is -2.17. The second-order valence-electron chi connectivity index (χ2n) is 6.34. The van der Waals surface area contributed by atoms with Crippen molar-refractivity contribution in [1.29, 1.82) is 0 Å². The van der Waals surface area contributed by atoms with E-state index in [1.54, 1.807) is 26.1 Å². The van der Waals surface area contributed by atoms with Gasteiger partial charge in [0.1, 0.15) is 5.82 Å². The summed E-state index contributed by atoms with van der Waals surface area (Å²) in [6, 6.07) is 11.7. The van der Waals surface area contributed by atoms with E-state index in [2.05, 4.69) is 5.32 Å². The first kappa shape index (κ1) is 19.4. The maximum Gasteiger partial charge on any atom is 0.247 e. The molecular weight excluding hydrogens is 331 g/mol. The van der Waals surface area contributed by atoms with Crippen LogP contribution in [0.15, 0.2) is 48.5 Å². The summed E-state index contributed by atoms with van der Waals surface area (Å²) in [6.07, 6.45) is 1.44. The summed E-state index contributed by atoms with van der Waals surface area (Å²) in [5, 5.41) is 2.86. The van der Waals surface area contributed by atoms with Gasteiger partial charge in [0.2, 0.25) is 11.8 Å². The summed E-state index contributed by atoms with van der Waals surface area (Å²) in [7, 11) is 1.57. The molecule has 0 fully saturated rings. The highest BCUT2D eigenvalue weighted by atomic mass is 19.1. The number of nitrogens with one attached hydrogen (secondary N) is 1. The molecule has 2 aromatic carbocycles. The number of benzene rings is 2. The monoisotopic (exact) mass is 354 g/mol. The fraction of sp³-hybridized carbons (Fsp3) is 0.238. The molecule has 0 heterocycles. The van der Waals surface area contributed by atoms with Crippen molar-refractivity contribution in [3.63, 3.8) is 0 Å². The smallest absolute Gasteiger partial charge is 0.247 e. The molecule has 0 unspecified atom stereocenters. The van der Waals surface area contributed by atoms with Crippen molar-refractivity contribution >= 4 is 23.1 Å². The van der Waals surface area contributed by atoms with Gasteiger partial charge in [-0.15, -0.1) is 0 Å². The minimum atomic E-state index is -0.326. The van der Waals surface area contributed by atoms with Gasteiger partial charge in [-0.3, -0.25) is 9.59 Å². The molecule has 2 rings (SSSR count). The lowest BCUT2D eigenvalue weighted by Crippen LogP contribution is -2.34. The molecule has 1 N–H and O–H groups in total. The second kappa shape index (κ2) is 8.43. The Kier molecular flexibility index (Phi) is 6.28. The first-order chi connectivity index (χ1) is 12.3. The molecule has 0 aliphatic heterocycles. The molecular formula is C21H23FN2O2. The standard InChI is InChI=1S/C21H23FN2O2/c1-14-6-5-7-15(2)21(14)23-19(25)13-24(4)20(26)12-16(3)17-8-10-18(22)11-9-17/h5-12H,13H2,1-4H3,(H,23,25)/b16-12-. The molecule has 0 radical (unpaired) electrons. The summed E-state index contributed by atoms with van der Waals surface area (Å²) < 4.78 is 13.0. The fourth-order valence-corrected chi connectivity index (χ4v) is 2.58. The zero-order valence-electron chi connectivity index (χ0n) is 15.5. The number of anilines is 1. The van der Waals surface area contributed by atoms with E-state index in [1.165, 1.54) is 23.1 Å². The van der Waals surface area contributed by atoms with Crippen molar-refractivity contribution < 1.29 is 14.0 Å². The SMILES string of the molecule is C/C(=C/C(=O)N(C)CC(=O)Nc1c(C)cccc1C)c1ccc(F)cc1. The van der Waals surface area contributed by atoms with Crippen LogP contribution in [-0.2, 0) is 9.59 Å². The minimum Gasteiger partial charge on any atom is -0.333 e. The average Bonchev–Trinajstić information content (AvgIpc) is 2.58. The lowest BCUT2D eigenvalue weighted by molar-refractivity contribution is -0.129. The molecule has 0 aliphatic rings. The lowest BCUT2D eigenvalue weighted by atomic mass is 10.1. The molecule has 0 spiro atoms. The predicted molar refractivity (Wildman–Crippen MR) is 102 cm³/mol. The Bertz CT molecular complexity index is 821. The first-order valence-corrected chi connectivity index (χ1v) is 8.33. The number of nitrogens with zero attached hydrogens (tertiary/aromatic N) is 1. The first-order valence-electron chi connectivity index (χ1n) is 8.33. The van der Waals surface area contributed by atoms with Crippen LogP contribution in [0.1, 0.15) is 23.6 Å². The third kappa shape index (κ3) is 5.02. The van der Waals surface area contributed by atoms with Gasteiger partial charge >= 0.3 is 0 Å². The van der Waals surface area contributed by atoms with Crippen molar-refractivity contribution in [1.82, 2.24) is 4.90 Å². The van der Waals surface area contributed by atoms with Gasteiger partial charge in [-0.1, -0.05) is 30.3 Å². The van der Waals surface area contributed by atoms with Crippen molar-refractivity contribution in [2.45, 2.75) is 20.8 Å². The number of halogens is 1. The number of carbonyl (C=O) groups excluding carboxylic acids is 2. The maximum atomic E-state index is 13.0. The summed E-state index contributed by atoms with van der Waals surface area (Å²) in [4.78, 5) is 25.9. The number of allylic oxidation sites excluding steroid dienone is 1. The van der Waals surface area contributed by atoms with Crippen LogP contribution in [0.4, 0.5) is 10.1 Å². The van der Waals surface area contributed by atoms with Crippen LogP contribution in [0.3, 0.4) is 0 Å². The highest BCUT2D eigenvalue weighted by molar-refractivity contribution is 5.99. The molecule has 26 heavy (non-hydrogen) atoms. The summed E-state index contributed by atoms with van der Waals surface area (Å²) >= 11 is 0. The van der Waals surface area contributed by atoms with Gasteiger partial charge in [-0.05, 0) is 55.2 Å². The molecule has 2 aromatic rings. The Morgan fingerprint density at radius 3 is 2.23 bits per heavy atom. The third-order valence-corrected chi connectivity index (χ3v) is 4.14. The van der Waals surface area contributed by atoms with Crippen LogP contribution in [0.2, 0.25) is 0 Å². The number of rotatable bonds is 5. The van der Waals surface area contributed by atoms with Gasteiger partial charge in [-0.25, -0.2) is 4.39 Å². The van der Waals surface area contributed by atoms with Crippen LogP contribution in [0.25, 0.3) is 5.57 Å². The molecule has 0 saturated carbocycles. The Hall–Kier alpha value is -2.95. The molecule has 4 nitrogen and oxygen atoms in total. The number of likely N-dealkylation sites (N-methyl/N-ethyl adjacent to an activating group) is 1. The number of hydrogen-bond donors (Lipinski definition) is 1. The normalized spacial score (nSPS) is 11.2. The Morgan fingerprint density at radius 1 is 1.08 bits per heavy atom. The highest BCUT2D eigenvalue weighted by Crippen LogP contribution is 2.19. The predicted octanol–water partition coefficient (Wildman–Crippen LogP) is 3.94. The van der Waals surface area contributed by atoms with Crippen molar-refractivity contribution in [3.05, 3.63) is 71.0 Å². The van der Waals surface area contributed by atoms with Gasteiger partial charge in [0.15, 0.2) is 0 Å². The number of amides is 2. The molecule has 5 heteroatoms. The largest absolute Gasteiger partial charge is 0.333 e. The average molecular weight is 354 g/mol. The molecule has 0 bridgehead atoms. The van der Waals surface area contributed by atoms with E-state index in [9.17, 15) is 14.0 Å². The number of carbonyl (C=O) groups is 2. The van der Waals surface area contributed by atoms with Crippen LogP contribution >= 0.6 is 0 Å². The molecule has 0 atom stereocenters. The van der Waals surface area contributed by atoms with E-state index in [-0.39, 0.29) is 24.2 Å². The van der Waals surface area contributed by atoms with Gasteiger partial charge in [0, 0.05) is 18.8 Å². The van der Waals surface area contributed by atoms with E-state index in [0.29, 0.717) is 5.57 Å². The van der Waals surface area contributed by atoms with Crippen molar-refractivity contribution in [2.24, 2.45) is 0 Å². The summed E-state index contributed by atoms with van der Waals surface area (Å²) in [5.41, 5.74) is 4.18. The minimum absolute atomic E-state index is 0.0557. The zero-order chi connectivity index (χ0) is 19.3. The van der Waals surface area contributed by atoms with Crippen LogP contribution in [0.5, 0.6) is 0 Å². The van der Waals surface area contributed by atoms with Gasteiger partial charge in [0.25, 0.3) is 0 Å². The molecule has 0 aliphatic carbocycles. The Labute approximate surface area is 153 Å². The molecule has 2 amide bonds. The molecule has 0 aromatic heterocycles. The number of hydrogen-bond acceptors (Lipinski definition) is 2. The van der Waals surface area contributed by atoms with E-state index in [1.807, 2.05) is 32.0 Å². The van der Waals surface area contributed by atoms with Gasteiger partial charge in [0.05, 0.1) is 6.54 Å². The van der Waals surface area contributed by atoms with E-state index in [4.69, 9.17) is 0 Å². The van der Waals surface area contributed by atoms with Crippen LogP contribution in [0, 0.1) is 19.7 Å². The van der Waals surface area contributed by atoms with Crippen LogP contribution < -0.4 is 5.32 Å². The van der Waals surface area contributed by atoms with E-state index >= 15 is 0 Å². The van der Waals surface area contributed by atoms with Gasteiger partial charge < -0.3 is 10.2 Å². The quantitative estimate of drug-likeness (QED) is 0.827. The van der Waals surface area contributed by atoms with E-state index in [0.717, 1.165) is 22.4 Å². The van der Waals surface area contributed by atoms with E-state index < -0.39 is 0 Å². The number of para-hydroxylation sites is 1. The van der Waals surface area contributed by atoms with Gasteiger partial charge in [-0.2, -0.15) is 0 Å². The van der Waals surface area contributed by atoms with Crippen LogP contribution in [-0.4, -0.2) is 30.3 Å². The molecule has 136 valence electrons. The zero-order valence-corrected chi connectivity index (χ0v) is 15.5. The summed E-state index contributed by atoms with van der Waals surface area (Å²) in [6.45, 7) is 5.56. The fourth-order valence-electron chi connectivity index (χ4n) is 2.58. The topological polar surface area (TPSA) is 49.4 Å². The highest BCUT2D eigenvalue weighted by Gasteiger charge is 2.13. The van der Waals surface area contributed by atoms with Crippen molar-refractivity contribution in [2.75, 3.05) is 18.9 Å². The Balaban J connectivity index is 2.01. The Morgan fingerprint density at radius 2 is 1.65 bits per heavy atom. The molecule has 0 saturated heterocycles. The maximum absolute atomic E-state index is 13.0. The summed E-state index contributed by atoms with van der Waals surface area (Å²) in [5.74, 6) is -0.872. The second-order valence-corrected chi connectivity index (χ2v) is 6.34. The van der Waals surface area contributed by atoms with Crippen molar-refractivity contribution in [3.8, 4) is 0 Å².